The van der Waals surface area contributed by atoms with Crippen LogP contribution >= 0.6 is 0 Å². The summed E-state index contributed by atoms with van der Waals surface area (Å²) in [4.78, 5) is 36.0. The molecule has 0 radical (unpaired) electrons. The monoisotopic (exact) mass is 506 g/mol. The van der Waals surface area contributed by atoms with Crippen molar-refractivity contribution in [3.63, 3.8) is 0 Å². The van der Waals surface area contributed by atoms with Crippen molar-refractivity contribution in [1.29, 1.82) is 0 Å². The highest BCUT2D eigenvalue weighted by Crippen LogP contribution is 2.22. The molecule has 0 saturated carbocycles. The van der Waals surface area contributed by atoms with Crippen LogP contribution in [0.1, 0.15) is 59.6 Å². The first-order valence-corrected chi connectivity index (χ1v) is 12.2. The van der Waals surface area contributed by atoms with Gasteiger partial charge in [-0.05, 0) is 42.2 Å². The molecule has 0 aliphatic heterocycles. The quantitative estimate of drug-likeness (QED) is 0.136. The van der Waals surface area contributed by atoms with Crippen LogP contribution in [0.4, 0.5) is 14.9 Å². The van der Waals surface area contributed by atoms with E-state index in [-0.39, 0.29) is 17.7 Å². The minimum atomic E-state index is -0.721. The zero-order valence-electron chi connectivity index (χ0n) is 20.4. The minimum Gasteiger partial charge on any atom is -0.352 e. The molecule has 3 aromatic carbocycles. The molecule has 5 N–H and O–H groups in total. The molecule has 0 spiro atoms. The highest BCUT2D eigenvalue weighted by molar-refractivity contribution is 5.95. The predicted molar refractivity (Wildman–Crippen MR) is 139 cm³/mol. The fraction of sp³-hybridized carbons (Fsp3) is 0.250. The van der Waals surface area contributed by atoms with Crippen LogP contribution in [-0.2, 0) is 4.79 Å². The first kappa shape index (κ1) is 27.3. The maximum absolute atomic E-state index is 14.7. The summed E-state index contributed by atoms with van der Waals surface area (Å²) in [7, 11) is 0. The second-order valence-corrected chi connectivity index (χ2v) is 8.50. The Morgan fingerprint density at radius 1 is 0.811 bits per heavy atom. The molecule has 0 aliphatic rings. The van der Waals surface area contributed by atoms with Crippen molar-refractivity contribution in [2.24, 2.45) is 0 Å². The number of halogens is 1. The summed E-state index contributed by atoms with van der Waals surface area (Å²) in [6.07, 6.45) is 3.19. The number of rotatable bonds is 12. The number of nitrogens with one attached hydrogen (secondary N) is 4. The van der Waals surface area contributed by atoms with Gasteiger partial charge in [0, 0.05) is 18.5 Å². The zero-order valence-corrected chi connectivity index (χ0v) is 20.4. The minimum absolute atomic E-state index is 0.0409. The van der Waals surface area contributed by atoms with Crippen LogP contribution in [0.15, 0.2) is 78.9 Å². The number of carbonyl (C=O) groups is 3. The van der Waals surface area contributed by atoms with Crippen molar-refractivity contribution < 1.29 is 24.0 Å². The largest absolute Gasteiger partial charge is 0.352 e. The lowest BCUT2D eigenvalue weighted by molar-refractivity contribution is -0.129. The highest BCUT2D eigenvalue weighted by Gasteiger charge is 2.18. The lowest BCUT2D eigenvalue weighted by Gasteiger charge is -2.20. The number of hydroxylamine groups is 1. The van der Waals surface area contributed by atoms with Crippen molar-refractivity contribution in [3.05, 3.63) is 101 Å². The Kier molecular flexibility index (Phi) is 10.6. The summed E-state index contributed by atoms with van der Waals surface area (Å²) in [6, 6.07) is 21.8. The maximum atomic E-state index is 14.7. The molecule has 194 valence electrons. The van der Waals surface area contributed by atoms with Crippen LogP contribution in [0.5, 0.6) is 0 Å². The van der Waals surface area contributed by atoms with E-state index in [2.05, 4.69) is 16.0 Å². The van der Waals surface area contributed by atoms with Gasteiger partial charge in [0.25, 0.3) is 5.91 Å². The Morgan fingerprint density at radius 3 is 2.03 bits per heavy atom. The number of anilines is 1. The SMILES string of the molecule is O=C(CCCCCCNC(=O)c1ccc(NC(=O)NC(c2ccccc2)c2ccccc2)c(F)c1)NO. The third kappa shape index (κ3) is 8.73. The standard InChI is InChI=1S/C28H31FN4O4/c29-23-19-22(27(35)30-18-10-2-1-9-15-25(34)33-37)16-17-24(23)31-28(36)32-26(20-11-5-3-6-12-20)21-13-7-4-8-14-21/h3-8,11-14,16-17,19,26,37H,1-2,9-10,15,18H2,(H,30,35)(H,33,34)(H2,31,32,36). The van der Waals surface area contributed by atoms with E-state index in [9.17, 15) is 18.8 Å². The summed E-state index contributed by atoms with van der Waals surface area (Å²) in [5.41, 5.74) is 3.46. The summed E-state index contributed by atoms with van der Waals surface area (Å²) >= 11 is 0. The van der Waals surface area contributed by atoms with Gasteiger partial charge in [-0.15, -0.1) is 0 Å². The Labute approximate surface area is 215 Å². The molecule has 9 heteroatoms. The second-order valence-electron chi connectivity index (χ2n) is 8.50. The normalized spacial score (nSPS) is 10.6. The number of hydrogen-bond donors (Lipinski definition) is 5. The van der Waals surface area contributed by atoms with Crippen LogP contribution in [-0.4, -0.2) is 29.6 Å². The van der Waals surface area contributed by atoms with E-state index in [1.807, 2.05) is 60.7 Å². The molecule has 0 heterocycles. The fourth-order valence-corrected chi connectivity index (χ4v) is 3.82. The number of carbonyl (C=O) groups excluding carboxylic acids is 3. The summed E-state index contributed by atoms with van der Waals surface area (Å²) in [5.74, 6) is -1.55. The fourth-order valence-electron chi connectivity index (χ4n) is 3.82. The molecule has 8 nitrogen and oxygen atoms in total. The van der Waals surface area contributed by atoms with Gasteiger partial charge in [-0.3, -0.25) is 14.8 Å². The maximum Gasteiger partial charge on any atom is 0.320 e. The molecule has 0 atom stereocenters. The lowest BCUT2D eigenvalue weighted by atomic mass is 9.99. The van der Waals surface area contributed by atoms with Gasteiger partial charge in [-0.25, -0.2) is 14.7 Å². The number of unbranched alkanes of at least 4 members (excludes halogenated alkanes) is 3. The molecule has 0 aliphatic carbocycles. The zero-order chi connectivity index (χ0) is 26.5. The molecule has 0 bridgehead atoms. The van der Waals surface area contributed by atoms with E-state index in [1.165, 1.54) is 12.1 Å². The van der Waals surface area contributed by atoms with Gasteiger partial charge >= 0.3 is 6.03 Å². The third-order valence-corrected chi connectivity index (χ3v) is 5.76. The molecule has 37 heavy (non-hydrogen) atoms. The van der Waals surface area contributed by atoms with Gasteiger partial charge in [0.2, 0.25) is 5.91 Å². The van der Waals surface area contributed by atoms with Gasteiger partial charge in [-0.1, -0.05) is 73.5 Å². The van der Waals surface area contributed by atoms with E-state index in [0.29, 0.717) is 19.4 Å². The van der Waals surface area contributed by atoms with Crippen LogP contribution in [0, 0.1) is 5.82 Å². The van der Waals surface area contributed by atoms with Gasteiger partial charge in [0.1, 0.15) is 5.82 Å². The average Bonchev–Trinajstić information content (AvgIpc) is 2.93. The van der Waals surface area contributed by atoms with E-state index < -0.39 is 29.7 Å². The lowest BCUT2D eigenvalue weighted by Crippen LogP contribution is -2.33. The molecule has 0 saturated heterocycles. The smallest absolute Gasteiger partial charge is 0.320 e. The molecular formula is C28H31FN4O4. The van der Waals surface area contributed by atoms with E-state index in [0.717, 1.165) is 30.0 Å². The second kappa shape index (κ2) is 14.4. The molecule has 0 aromatic heterocycles. The third-order valence-electron chi connectivity index (χ3n) is 5.76. The number of amides is 4. The average molecular weight is 507 g/mol. The summed E-state index contributed by atoms with van der Waals surface area (Å²) < 4.78 is 14.7. The topological polar surface area (TPSA) is 120 Å². The molecule has 0 unspecified atom stereocenters. The van der Waals surface area contributed by atoms with Crippen molar-refractivity contribution in [1.82, 2.24) is 16.1 Å². The molecular weight excluding hydrogens is 475 g/mol. The Bertz CT molecular complexity index is 1140. The first-order chi connectivity index (χ1) is 18.0. The van der Waals surface area contributed by atoms with Crippen molar-refractivity contribution in [2.75, 3.05) is 11.9 Å². The number of urea groups is 1. The Balaban J connectivity index is 1.51. The van der Waals surface area contributed by atoms with E-state index in [1.54, 1.807) is 5.48 Å². The summed E-state index contributed by atoms with van der Waals surface area (Å²) in [5, 5.41) is 16.6. The van der Waals surface area contributed by atoms with Gasteiger partial charge in [0.05, 0.1) is 11.7 Å². The van der Waals surface area contributed by atoms with Gasteiger partial charge in [0.15, 0.2) is 0 Å². The molecule has 3 rings (SSSR count). The van der Waals surface area contributed by atoms with Gasteiger partial charge < -0.3 is 16.0 Å². The molecule has 4 amide bonds. The van der Waals surface area contributed by atoms with E-state index >= 15 is 0 Å². The molecule has 3 aromatic rings. The summed E-state index contributed by atoms with van der Waals surface area (Å²) in [6.45, 7) is 0.412. The van der Waals surface area contributed by atoms with Crippen molar-refractivity contribution in [2.45, 2.75) is 38.1 Å². The Hall–Kier alpha value is -4.24. The van der Waals surface area contributed by atoms with Gasteiger partial charge in [-0.2, -0.15) is 0 Å². The van der Waals surface area contributed by atoms with Crippen molar-refractivity contribution >= 4 is 23.5 Å². The Morgan fingerprint density at radius 2 is 1.43 bits per heavy atom. The predicted octanol–water partition coefficient (Wildman–Crippen LogP) is 4.92. The van der Waals surface area contributed by atoms with Crippen molar-refractivity contribution in [3.8, 4) is 0 Å². The van der Waals surface area contributed by atoms with Crippen LogP contribution in [0.3, 0.4) is 0 Å². The van der Waals surface area contributed by atoms with Crippen LogP contribution < -0.4 is 21.4 Å². The highest BCUT2D eigenvalue weighted by atomic mass is 19.1. The number of hydrogen-bond acceptors (Lipinski definition) is 4. The van der Waals surface area contributed by atoms with Crippen LogP contribution in [0.25, 0.3) is 0 Å². The molecule has 0 fully saturated rings. The first-order valence-electron chi connectivity index (χ1n) is 12.2. The number of benzene rings is 3. The van der Waals surface area contributed by atoms with E-state index in [4.69, 9.17) is 5.21 Å². The van der Waals surface area contributed by atoms with Crippen LogP contribution in [0.2, 0.25) is 0 Å².